The number of carbonyl (C=O) groups excluding carboxylic acids is 1. The summed E-state index contributed by atoms with van der Waals surface area (Å²) in [6.45, 7) is 0.580. The number of halogens is 1. The molecule has 1 aliphatic heterocycles. The van der Waals surface area contributed by atoms with Crippen LogP contribution in [0.3, 0.4) is 0 Å². The Kier molecular flexibility index (Phi) is 3.33. The van der Waals surface area contributed by atoms with Gasteiger partial charge in [0, 0.05) is 11.0 Å². The van der Waals surface area contributed by atoms with Crippen LogP contribution < -0.4 is 9.64 Å². The molecule has 86 valence electrons. The van der Waals surface area contributed by atoms with Crippen molar-refractivity contribution in [3.63, 3.8) is 0 Å². The SMILES string of the molecule is COc1ccc(N2C[C@H](CBr)OC2=O)cc1. The number of cyclic esters (lactones) is 1. The van der Waals surface area contributed by atoms with Crippen LogP contribution >= 0.6 is 15.9 Å². The Morgan fingerprint density at radius 3 is 2.69 bits per heavy atom. The quantitative estimate of drug-likeness (QED) is 0.801. The zero-order valence-electron chi connectivity index (χ0n) is 8.85. The van der Waals surface area contributed by atoms with Crippen LogP contribution in [0.25, 0.3) is 0 Å². The van der Waals surface area contributed by atoms with Gasteiger partial charge in [-0.1, -0.05) is 15.9 Å². The van der Waals surface area contributed by atoms with Crippen molar-refractivity contribution in [2.45, 2.75) is 6.10 Å². The molecule has 0 N–H and O–H groups in total. The monoisotopic (exact) mass is 285 g/mol. The van der Waals surface area contributed by atoms with Crippen molar-refractivity contribution in [2.24, 2.45) is 0 Å². The Morgan fingerprint density at radius 1 is 1.50 bits per heavy atom. The maximum Gasteiger partial charge on any atom is 0.414 e. The molecule has 1 atom stereocenters. The van der Waals surface area contributed by atoms with E-state index in [1.54, 1.807) is 12.0 Å². The molecule has 16 heavy (non-hydrogen) atoms. The fourth-order valence-electron chi connectivity index (χ4n) is 1.57. The zero-order valence-corrected chi connectivity index (χ0v) is 10.4. The molecule has 5 heteroatoms. The number of rotatable bonds is 3. The normalized spacial score (nSPS) is 19.8. The smallest absolute Gasteiger partial charge is 0.414 e. The van der Waals surface area contributed by atoms with Gasteiger partial charge in [-0.25, -0.2) is 4.79 Å². The second-order valence-electron chi connectivity index (χ2n) is 3.47. The molecule has 2 rings (SSSR count). The number of alkyl halides is 1. The van der Waals surface area contributed by atoms with Gasteiger partial charge in [-0.3, -0.25) is 4.90 Å². The van der Waals surface area contributed by atoms with Gasteiger partial charge in [0.1, 0.15) is 11.9 Å². The lowest BCUT2D eigenvalue weighted by Gasteiger charge is -2.12. The van der Waals surface area contributed by atoms with E-state index in [1.165, 1.54) is 0 Å². The number of anilines is 1. The summed E-state index contributed by atoms with van der Waals surface area (Å²) in [6, 6.07) is 7.33. The topological polar surface area (TPSA) is 38.8 Å². The minimum atomic E-state index is -0.297. The standard InChI is InChI=1S/C11H12BrNO3/c1-15-9-4-2-8(3-5-9)13-7-10(6-12)16-11(13)14/h2-5,10H,6-7H2,1H3/t10-/m0/s1. The Bertz CT molecular complexity index is 379. The van der Waals surface area contributed by atoms with E-state index in [2.05, 4.69) is 15.9 Å². The van der Waals surface area contributed by atoms with Crippen molar-refractivity contribution in [3.8, 4) is 5.75 Å². The molecule has 1 fully saturated rings. The summed E-state index contributed by atoms with van der Waals surface area (Å²) in [6.07, 6.45) is -0.371. The van der Waals surface area contributed by atoms with E-state index in [-0.39, 0.29) is 12.2 Å². The Morgan fingerprint density at radius 2 is 2.19 bits per heavy atom. The third kappa shape index (κ3) is 2.14. The van der Waals surface area contributed by atoms with Crippen LogP contribution in [-0.2, 0) is 4.74 Å². The highest BCUT2D eigenvalue weighted by Gasteiger charge is 2.31. The summed E-state index contributed by atoms with van der Waals surface area (Å²) < 4.78 is 10.2. The Labute approximate surface area is 102 Å². The lowest BCUT2D eigenvalue weighted by Crippen LogP contribution is -2.24. The first kappa shape index (κ1) is 11.3. The van der Waals surface area contributed by atoms with Gasteiger partial charge in [0.15, 0.2) is 0 Å². The van der Waals surface area contributed by atoms with E-state index in [9.17, 15) is 4.79 Å². The molecular weight excluding hydrogens is 274 g/mol. The first-order chi connectivity index (χ1) is 7.74. The molecule has 1 amide bonds. The molecule has 1 aromatic carbocycles. The average Bonchev–Trinajstić information content (AvgIpc) is 2.71. The molecule has 4 nitrogen and oxygen atoms in total. The molecule has 0 radical (unpaired) electrons. The van der Waals surface area contributed by atoms with Crippen molar-refractivity contribution >= 4 is 27.7 Å². The summed E-state index contributed by atoms with van der Waals surface area (Å²) in [4.78, 5) is 13.2. The predicted octanol–water partition coefficient (Wildman–Crippen LogP) is 2.42. The van der Waals surface area contributed by atoms with Gasteiger partial charge < -0.3 is 9.47 Å². The number of hydrogen-bond donors (Lipinski definition) is 0. The van der Waals surface area contributed by atoms with Crippen molar-refractivity contribution in [1.82, 2.24) is 0 Å². The van der Waals surface area contributed by atoms with Gasteiger partial charge in [-0.2, -0.15) is 0 Å². The second kappa shape index (κ2) is 4.74. The van der Waals surface area contributed by atoms with Crippen molar-refractivity contribution < 1.29 is 14.3 Å². The van der Waals surface area contributed by atoms with E-state index < -0.39 is 0 Å². The number of nitrogens with zero attached hydrogens (tertiary/aromatic N) is 1. The van der Waals surface area contributed by atoms with Crippen molar-refractivity contribution in [1.29, 1.82) is 0 Å². The first-order valence-corrected chi connectivity index (χ1v) is 6.05. The number of hydrogen-bond acceptors (Lipinski definition) is 3. The van der Waals surface area contributed by atoms with E-state index in [0.29, 0.717) is 11.9 Å². The minimum absolute atomic E-state index is 0.0744. The number of benzene rings is 1. The summed E-state index contributed by atoms with van der Waals surface area (Å²) >= 11 is 3.30. The van der Waals surface area contributed by atoms with E-state index >= 15 is 0 Å². The molecule has 0 bridgehead atoms. The molecular formula is C11H12BrNO3. The van der Waals surface area contributed by atoms with Crippen molar-refractivity contribution in [2.75, 3.05) is 23.9 Å². The Hall–Kier alpha value is -1.23. The molecule has 0 aliphatic carbocycles. The van der Waals surface area contributed by atoms with Crippen LogP contribution in [0.2, 0.25) is 0 Å². The maximum absolute atomic E-state index is 11.6. The highest BCUT2D eigenvalue weighted by molar-refractivity contribution is 9.09. The molecule has 0 saturated carbocycles. The molecule has 1 aliphatic rings. The van der Waals surface area contributed by atoms with Crippen LogP contribution in [0.1, 0.15) is 0 Å². The summed E-state index contributed by atoms with van der Waals surface area (Å²) in [5.41, 5.74) is 0.828. The zero-order chi connectivity index (χ0) is 11.5. The van der Waals surface area contributed by atoms with Gasteiger partial charge in [0.25, 0.3) is 0 Å². The largest absolute Gasteiger partial charge is 0.497 e. The summed E-state index contributed by atoms with van der Waals surface area (Å²) in [5, 5.41) is 0.658. The molecule has 1 heterocycles. The third-order valence-corrected chi connectivity index (χ3v) is 3.15. The number of amides is 1. The highest BCUT2D eigenvalue weighted by atomic mass is 79.9. The fraction of sp³-hybridized carbons (Fsp3) is 0.364. The van der Waals surface area contributed by atoms with Gasteiger partial charge in [-0.05, 0) is 24.3 Å². The number of carbonyl (C=O) groups is 1. The summed E-state index contributed by atoms with van der Waals surface area (Å²) in [7, 11) is 1.61. The fourth-order valence-corrected chi connectivity index (χ4v) is 1.91. The van der Waals surface area contributed by atoms with Gasteiger partial charge in [0.2, 0.25) is 0 Å². The van der Waals surface area contributed by atoms with Crippen LogP contribution in [-0.4, -0.2) is 31.2 Å². The van der Waals surface area contributed by atoms with Crippen LogP contribution in [0.15, 0.2) is 24.3 Å². The van der Waals surface area contributed by atoms with E-state index in [1.807, 2.05) is 24.3 Å². The van der Waals surface area contributed by atoms with Gasteiger partial charge in [0.05, 0.1) is 13.7 Å². The summed E-state index contributed by atoms with van der Waals surface area (Å²) in [5.74, 6) is 0.772. The Balaban J connectivity index is 2.15. The molecule has 0 aromatic heterocycles. The first-order valence-electron chi connectivity index (χ1n) is 4.92. The average molecular weight is 286 g/mol. The molecule has 0 unspecified atom stereocenters. The maximum atomic E-state index is 11.6. The minimum Gasteiger partial charge on any atom is -0.497 e. The highest BCUT2D eigenvalue weighted by Crippen LogP contribution is 2.24. The molecule has 1 saturated heterocycles. The molecule has 1 aromatic rings. The van der Waals surface area contributed by atoms with Crippen LogP contribution in [0, 0.1) is 0 Å². The van der Waals surface area contributed by atoms with E-state index in [4.69, 9.17) is 9.47 Å². The van der Waals surface area contributed by atoms with Crippen molar-refractivity contribution in [3.05, 3.63) is 24.3 Å². The van der Waals surface area contributed by atoms with Gasteiger partial charge in [-0.15, -0.1) is 0 Å². The molecule has 0 spiro atoms. The lowest BCUT2D eigenvalue weighted by molar-refractivity contribution is 0.152. The van der Waals surface area contributed by atoms with Gasteiger partial charge >= 0.3 is 6.09 Å². The van der Waals surface area contributed by atoms with E-state index in [0.717, 1.165) is 11.4 Å². The number of ether oxygens (including phenoxy) is 2. The number of methoxy groups -OCH3 is 1. The predicted molar refractivity (Wildman–Crippen MR) is 64.4 cm³/mol. The van der Waals surface area contributed by atoms with Crippen LogP contribution in [0.4, 0.5) is 10.5 Å². The lowest BCUT2D eigenvalue weighted by atomic mass is 10.2. The second-order valence-corrected chi connectivity index (χ2v) is 4.12. The van der Waals surface area contributed by atoms with Crippen LogP contribution in [0.5, 0.6) is 5.75 Å². The third-order valence-electron chi connectivity index (χ3n) is 2.43.